The van der Waals surface area contributed by atoms with Gasteiger partial charge in [-0.3, -0.25) is 0 Å². The fraction of sp³-hybridized carbons (Fsp3) is 0.556. The van der Waals surface area contributed by atoms with E-state index in [4.69, 9.17) is 0 Å². The molecule has 0 atom stereocenters. The lowest BCUT2D eigenvalue weighted by atomic mass is 9.70. The van der Waals surface area contributed by atoms with E-state index in [2.05, 4.69) is 64.1 Å². The Morgan fingerprint density at radius 1 is 0.593 bits per heavy atom. The molecule has 0 saturated heterocycles. The highest BCUT2D eigenvalue weighted by Crippen LogP contribution is 2.54. The van der Waals surface area contributed by atoms with Gasteiger partial charge in [-0.1, -0.05) is 113 Å². The molecule has 0 aromatic heterocycles. The summed E-state index contributed by atoms with van der Waals surface area (Å²) in [6, 6.07) is 14.4. The van der Waals surface area contributed by atoms with E-state index in [1.165, 1.54) is 86.5 Å². The maximum absolute atomic E-state index is 2.50. The summed E-state index contributed by atoms with van der Waals surface area (Å²) < 4.78 is 0. The second kappa shape index (κ2) is 9.09. The van der Waals surface area contributed by atoms with Gasteiger partial charge in [0.1, 0.15) is 0 Å². The van der Waals surface area contributed by atoms with Gasteiger partial charge in [0.25, 0.3) is 0 Å². The number of fused-ring (bicyclic) bond motifs is 3. The van der Waals surface area contributed by atoms with Gasteiger partial charge >= 0.3 is 0 Å². The van der Waals surface area contributed by atoms with Gasteiger partial charge in [0.15, 0.2) is 0 Å². The van der Waals surface area contributed by atoms with Crippen LogP contribution in [0.3, 0.4) is 0 Å². The van der Waals surface area contributed by atoms with Gasteiger partial charge in [0.2, 0.25) is 0 Å². The molecule has 0 fully saturated rings. The molecule has 0 radical (unpaired) electrons. The Kier molecular flexibility index (Phi) is 6.79. The standard InChI is InChI=1S/C27H38/c1-5-7-9-11-17-27(18-12-10-8-6-2)25-19-21(3)13-15-23(25)24-16-14-22(4)20-26(24)27/h13-16,19-20H,5-12,17-18H2,1-4H3. The van der Waals surface area contributed by atoms with E-state index in [-0.39, 0.29) is 5.41 Å². The van der Waals surface area contributed by atoms with Crippen molar-refractivity contribution in [2.75, 3.05) is 0 Å². The summed E-state index contributed by atoms with van der Waals surface area (Å²) in [4.78, 5) is 0. The monoisotopic (exact) mass is 362 g/mol. The van der Waals surface area contributed by atoms with Crippen LogP contribution in [0.1, 0.15) is 100 Å². The molecule has 0 heteroatoms. The molecule has 0 heterocycles. The number of aryl methyl sites for hydroxylation is 2. The van der Waals surface area contributed by atoms with Crippen LogP contribution in [0.5, 0.6) is 0 Å². The van der Waals surface area contributed by atoms with Crippen molar-refractivity contribution in [2.45, 2.75) is 97.3 Å². The molecular formula is C27H38. The molecule has 0 saturated carbocycles. The molecule has 0 unspecified atom stereocenters. The predicted octanol–water partition coefficient (Wildman–Crippen LogP) is 8.51. The molecule has 1 aliphatic carbocycles. The minimum Gasteiger partial charge on any atom is -0.0654 e. The van der Waals surface area contributed by atoms with Crippen LogP contribution < -0.4 is 0 Å². The van der Waals surface area contributed by atoms with Crippen LogP contribution in [0, 0.1) is 13.8 Å². The van der Waals surface area contributed by atoms with E-state index in [1.807, 2.05) is 0 Å². The zero-order chi connectivity index (χ0) is 19.3. The van der Waals surface area contributed by atoms with Crippen molar-refractivity contribution >= 4 is 0 Å². The Morgan fingerprint density at radius 3 is 1.44 bits per heavy atom. The summed E-state index contributed by atoms with van der Waals surface area (Å²) in [6.07, 6.45) is 13.4. The third kappa shape index (κ3) is 4.15. The lowest BCUT2D eigenvalue weighted by molar-refractivity contribution is 0.400. The number of hydrogen-bond donors (Lipinski definition) is 0. The second-order valence-corrected chi connectivity index (χ2v) is 8.80. The molecule has 0 spiro atoms. The minimum absolute atomic E-state index is 0.240. The third-order valence-corrected chi connectivity index (χ3v) is 6.59. The number of benzene rings is 2. The summed E-state index contributed by atoms with van der Waals surface area (Å²) in [5, 5.41) is 0. The van der Waals surface area contributed by atoms with E-state index in [1.54, 1.807) is 11.1 Å². The molecule has 0 bridgehead atoms. The van der Waals surface area contributed by atoms with Crippen molar-refractivity contribution in [1.82, 2.24) is 0 Å². The highest BCUT2D eigenvalue weighted by atomic mass is 14.4. The van der Waals surface area contributed by atoms with Gasteiger partial charge < -0.3 is 0 Å². The average molecular weight is 363 g/mol. The predicted molar refractivity (Wildman–Crippen MR) is 120 cm³/mol. The van der Waals surface area contributed by atoms with Gasteiger partial charge in [-0.05, 0) is 48.9 Å². The normalized spacial score (nSPS) is 14.2. The van der Waals surface area contributed by atoms with E-state index in [0.29, 0.717) is 0 Å². The fourth-order valence-electron chi connectivity index (χ4n) is 5.09. The molecule has 0 amide bonds. The zero-order valence-electron chi connectivity index (χ0n) is 18.0. The van der Waals surface area contributed by atoms with Crippen LogP contribution in [0.15, 0.2) is 36.4 Å². The van der Waals surface area contributed by atoms with E-state index in [0.717, 1.165) is 0 Å². The minimum atomic E-state index is 0.240. The van der Waals surface area contributed by atoms with E-state index < -0.39 is 0 Å². The van der Waals surface area contributed by atoms with Crippen LogP contribution in [0.25, 0.3) is 11.1 Å². The molecule has 1 aliphatic rings. The molecule has 146 valence electrons. The Bertz CT molecular complexity index is 687. The first-order valence-electron chi connectivity index (χ1n) is 11.3. The lowest BCUT2D eigenvalue weighted by Crippen LogP contribution is -2.25. The zero-order valence-corrected chi connectivity index (χ0v) is 18.0. The first-order chi connectivity index (χ1) is 13.1. The molecule has 27 heavy (non-hydrogen) atoms. The molecule has 3 rings (SSSR count). The molecule has 0 nitrogen and oxygen atoms in total. The van der Waals surface area contributed by atoms with Crippen molar-refractivity contribution in [2.24, 2.45) is 0 Å². The summed E-state index contributed by atoms with van der Waals surface area (Å²) in [5.74, 6) is 0. The molecule has 0 N–H and O–H groups in total. The van der Waals surface area contributed by atoms with E-state index in [9.17, 15) is 0 Å². The topological polar surface area (TPSA) is 0 Å². The molecular weight excluding hydrogens is 324 g/mol. The quantitative estimate of drug-likeness (QED) is 0.371. The number of unbranched alkanes of at least 4 members (excludes halogenated alkanes) is 6. The van der Waals surface area contributed by atoms with Crippen molar-refractivity contribution in [3.8, 4) is 11.1 Å². The van der Waals surface area contributed by atoms with Gasteiger partial charge in [-0.2, -0.15) is 0 Å². The number of hydrogen-bond acceptors (Lipinski definition) is 0. The van der Waals surface area contributed by atoms with Gasteiger partial charge in [0.05, 0.1) is 0 Å². The van der Waals surface area contributed by atoms with Crippen LogP contribution in [-0.2, 0) is 5.41 Å². The van der Waals surface area contributed by atoms with Gasteiger partial charge in [0, 0.05) is 5.41 Å². The van der Waals surface area contributed by atoms with Crippen LogP contribution in [0.4, 0.5) is 0 Å². The molecule has 0 aliphatic heterocycles. The maximum Gasteiger partial charge on any atom is 0.0215 e. The second-order valence-electron chi connectivity index (χ2n) is 8.80. The van der Waals surface area contributed by atoms with Crippen molar-refractivity contribution in [3.63, 3.8) is 0 Å². The summed E-state index contributed by atoms with van der Waals surface area (Å²) in [5.41, 5.74) is 9.30. The van der Waals surface area contributed by atoms with Crippen molar-refractivity contribution in [1.29, 1.82) is 0 Å². The Labute approximate surface area is 167 Å². The SMILES string of the molecule is CCCCCCC1(CCCCCC)c2cc(C)ccc2-c2ccc(C)cc21. The smallest absolute Gasteiger partial charge is 0.0215 e. The first kappa shape index (κ1) is 20.2. The van der Waals surface area contributed by atoms with Crippen LogP contribution in [-0.4, -0.2) is 0 Å². The maximum atomic E-state index is 2.50. The summed E-state index contributed by atoms with van der Waals surface area (Å²) >= 11 is 0. The van der Waals surface area contributed by atoms with Crippen LogP contribution in [0.2, 0.25) is 0 Å². The lowest BCUT2D eigenvalue weighted by Gasteiger charge is -2.33. The summed E-state index contributed by atoms with van der Waals surface area (Å²) in [6.45, 7) is 9.14. The Morgan fingerprint density at radius 2 is 1.04 bits per heavy atom. The van der Waals surface area contributed by atoms with Gasteiger partial charge in [-0.15, -0.1) is 0 Å². The average Bonchev–Trinajstić information content (AvgIpc) is 2.92. The molecule has 2 aromatic carbocycles. The Hall–Kier alpha value is -1.56. The largest absolute Gasteiger partial charge is 0.0654 e. The van der Waals surface area contributed by atoms with E-state index >= 15 is 0 Å². The number of rotatable bonds is 10. The fourth-order valence-corrected chi connectivity index (χ4v) is 5.09. The van der Waals surface area contributed by atoms with Crippen molar-refractivity contribution in [3.05, 3.63) is 58.7 Å². The third-order valence-electron chi connectivity index (χ3n) is 6.59. The Balaban J connectivity index is 2.03. The first-order valence-corrected chi connectivity index (χ1v) is 11.3. The van der Waals surface area contributed by atoms with Crippen molar-refractivity contribution < 1.29 is 0 Å². The highest BCUT2D eigenvalue weighted by molar-refractivity contribution is 5.81. The highest BCUT2D eigenvalue weighted by Gasteiger charge is 2.42. The van der Waals surface area contributed by atoms with Gasteiger partial charge in [-0.25, -0.2) is 0 Å². The summed E-state index contributed by atoms with van der Waals surface area (Å²) in [7, 11) is 0. The molecule has 2 aromatic rings. The van der Waals surface area contributed by atoms with Crippen LogP contribution >= 0.6 is 0 Å².